The van der Waals surface area contributed by atoms with Crippen LogP contribution in [0.4, 0.5) is 0 Å². The van der Waals surface area contributed by atoms with Crippen LogP contribution in [0.15, 0.2) is 28.8 Å². The Morgan fingerprint density at radius 2 is 2.11 bits per heavy atom. The molecule has 1 aromatic carbocycles. The highest BCUT2D eigenvalue weighted by molar-refractivity contribution is 5.70. The van der Waals surface area contributed by atoms with Gasteiger partial charge in [0.15, 0.2) is 0 Å². The summed E-state index contributed by atoms with van der Waals surface area (Å²) in [5.41, 5.74) is 1.97. The van der Waals surface area contributed by atoms with E-state index in [0.717, 1.165) is 11.1 Å². The van der Waals surface area contributed by atoms with Gasteiger partial charge in [0.25, 0.3) is 0 Å². The van der Waals surface area contributed by atoms with E-state index in [1.807, 2.05) is 31.2 Å². The number of aliphatic carboxylic acids is 1. The Kier molecular flexibility index (Phi) is 3.64. The number of carboxylic acids is 1. The average molecular weight is 260 g/mol. The van der Waals surface area contributed by atoms with Crippen molar-refractivity contribution in [2.24, 2.45) is 5.92 Å². The molecule has 2 unspecified atom stereocenters. The van der Waals surface area contributed by atoms with Gasteiger partial charge in [-0.25, -0.2) is 0 Å². The van der Waals surface area contributed by atoms with E-state index in [0.29, 0.717) is 11.7 Å². The van der Waals surface area contributed by atoms with E-state index in [9.17, 15) is 4.79 Å². The topological polar surface area (TPSA) is 76.2 Å². The summed E-state index contributed by atoms with van der Waals surface area (Å²) in [5, 5.41) is 12.9. The molecule has 0 amide bonds. The number of carbonyl (C=O) groups is 1. The maximum absolute atomic E-state index is 10.9. The molecule has 19 heavy (non-hydrogen) atoms. The van der Waals surface area contributed by atoms with Gasteiger partial charge in [-0.05, 0) is 13.0 Å². The minimum Gasteiger partial charge on any atom is -0.481 e. The van der Waals surface area contributed by atoms with Gasteiger partial charge in [0.05, 0.1) is 5.92 Å². The molecule has 1 heterocycles. The third-order valence-electron chi connectivity index (χ3n) is 3.25. The number of hydrogen-bond acceptors (Lipinski definition) is 4. The molecule has 0 fully saturated rings. The van der Waals surface area contributed by atoms with Gasteiger partial charge in [0.2, 0.25) is 11.7 Å². The third kappa shape index (κ3) is 2.81. The number of aryl methyl sites for hydroxylation is 1. The van der Waals surface area contributed by atoms with E-state index < -0.39 is 11.9 Å². The zero-order valence-electron chi connectivity index (χ0n) is 11.1. The minimum absolute atomic E-state index is 0.316. The molecule has 2 atom stereocenters. The zero-order chi connectivity index (χ0) is 14.0. The van der Waals surface area contributed by atoms with Crippen molar-refractivity contribution in [2.75, 3.05) is 0 Å². The van der Waals surface area contributed by atoms with E-state index in [-0.39, 0.29) is 5.92 Å². The van der Waals surface area contributed by atoms with Gasteiger partial charge >= 0.3 is 5.97 Å². The Labute approximate surface area is 111 Å². The van der Waals surface area contributed by atoms with Gasteiger partial charge in [-0.1, -0.05) is 42.8 Å². The molecule has 0 radical (unpaired) electrons. The van der Waals surface area contributed by atoms with Gasteiger partial charge in [0.1, 0.15) is 0 Å². The van der Waals surface area contributed by atoms with E-state index >= 15 is 0 Å². The van der Waals surface area contributed by atoms with Crippen molar-refractivity contribution >= 4 is 5.97 Å². The van der Waals surface area contributed by atoms with Crippen LogP contribution in [0.25, 0.3) is 11.4 Å². The fourth-order valence-electron chi connectivity index (χ4n) is 1.75. The summed E-state index contributed by atoms with van der Waals surface area (Å²) < 4.78 is 5.17. The smallest absolute Gasteiger partial charge is 0.307 e. The Balaban J connectivity index is 2.26. The first kappa shape index (κ1) is 13.3. The lowest BCUT2D eigenvalue weighted by atomic mass is 9.96. The van der Waals surface area contributed by atoms with Gasteiger partial charge in [-0.15, -0.1) is 0 Å². The van der Waals surface area contributed by atoms with Crippen LogP contribution >= 0.6 is 0 Å². The van der Waals surface area contributed by atoms with Crippen LogP contribution in [0.1, 0.15) is 31.2 Å². The molecule has 0 aliphatic carbocycles. The van der Waals surface area contributed by atoms with Crippen LogP contribution in [-0.2, 0) is 4.79 Å². The van der Waals surface area contributed by atoms with Crippen LogP contribution in [0, 0.1) is 12.8 Å². The van der Waals surface area contributed by atoms with Crippen LogP contribution in [0.5, 0.6) is 0 Å². The normalized spacial score (nSPS) is 14.1. The van der Waals surface area contributed by atoms with Crippen LogP contribution < -0.4 is 0 Å². The molecule has 0 aliphatic heterocycles. The summed E-state index contributed by atoms with van der Waals surface area (Å²) in [4.78, 5) is 15.2. The molecular weight excluding hydrogens is 244 g/mol. The molecule has 0 saturated heterocycles. The van der Waals surface area contributed by atoms with Gasteiger partial charge < -0.3 is 9.63 Å². The van der Waals surface area contributed by atoms with E-state index in [1.54, 1.807) is 13.8 Å². The highest BCUT2D eigenvalue weighted by Gasteiger charge is 2.26. The molecule has 5 heteroatoms. The number of nitrogens with zero attached hydrogens (tertiary/aromatic N) is 2. The largest absolute Gasteiger partial charge is 0.481 e. The molecule has 1 aromatic heterocycles. The van der Waals surface area contributed by atoms with Crippen molar-refractivity contribution in [1.82, 2.24) is 10.1 Å². The predicted octanol–water partition coefficient (Wildman–Crippen LogP) is 2.87. The first-order chi connectivity index (χ1) is 8.99. The predicted molar refractivity (Wildman–Crippen MR) is 69.7 cm³/mol. The average Bonchev–Trinajstić information content (AvgIpc) is 2.86. The fourth-order valence-corrected chi connectivity index (χ4v) is 1.75. The van der Waals surface area contributed by atoms with Gasteiger partial charge in [-0.2, -0.15) is 4.98 Å². The molecule has 0 aliphatic rings. The third-order valence-corrected chi connectivity index (χ3v) is 3.25. The lowest BCUT2D eigenvalue weighted by molar-refractivity contribution is -0.141. The number of carboxylic acid groups (broad SMARTS) is 1. The van der Waals surface area contributed by atoms with E-state index in [1.165, 1.54) is 0 Å². The molecule has 100 valence electrons. The molecule has 2 aromatic rings. The molecular formula is C14H16N2O3. The van der Waals surface area contributed by atoms with Gasteiger partial charge in [0, 0.05) is 11.5 Å². The standard InChI is InChI=1S/C14H16N2O3/c1-8-5-4-6-11(7-8)12-15-13(19-16-12)9(2)10(3)14(17)18/h4-7,9-10H,1-3H3,(H,17,18). The Morgan fingerprint density at radius 3 is 2.74 bits per heavy atom. The van der Waals surface area contributed by atoms with Crippen molar-refractivity contribution < 1.29 is 14.4 Å². The SMILES string of the molecule is Cc1cccc(-c2noc(C(C)C(C)C(=O)O)n2)c1. The second kappa shape index (κ2) is 5.22. The molecule has 0 bridgehead atoms. The summed E-state index contributed by atoms with van der Waals surface area (Å²) >= 11 is 0. The first-order valence-electron chi connectivity index (χ1n) is 6.12. The first-order valence-corrected chi connectivity index (χ1v) is 6.12. The number of aromatic nitrogens is 2. The second-order valence-corrected chi connectivity index (χ2v) is 4.74. The summed E-state index contributed by atoms with van der Waals surface area (Å²) in [6.07, 6.45) is 0. The summed E-state index contributed by atoms with van der Waals surface area (Å²) in [6.45, 7) is 5.38. The van der Waals surface area contributed by atoms with Crippen molar-refractivity contribution in [1.29, 1.82) is 0 Å². The van der Waals surface area contributed by atoms with Gasteiger partial charge in [-0.3, -0.25) is 4.79 Å². The molecule has 1 N–H and O–H groups in total. The molecule has 5 nitrogen and oxygen atoms in total. The fraction of sp³-hybridized carbons (Fsp3) is 0.357. The lowest BCUT2D eigenvalue weighted by Gasteiger charge is -2.10. The van der Waals surface area contributed by atoms with Crippen molar-refractivity contribution in [3.05, 3.63) is 35.7 Å². The number of rotatable bonds is 4. The summed E-state index contributed by atoms with van der Waals surface area (Å²) in [7, 11) is 0. The molecule has 0 saturated carbocycles. The van der Waals surface area contributed by atoms with Crippen molar-refractivity contribution in [3.8, 4) is 11.4 Å². The van der Waals surface area contributed by atoms with Crippen LogP contribution in [-0.4, -0.2) is 21.2 Å². The summed E-state index contributed by atoms with van der Waals surface area (Å²) in [5.74, 6) is -0.910. The van der Waals surface area contributed by atoms with Crippen LogP contribution in [0.3, 0.4) is 0 Å². The zero-order valence-corrected chi connectivity index (χ0v) is 11.1. The van der Waals surface area contributed by atoms with Crippen molar-refractivity contribution in [3.63, 3.8) is 0 Å². The quantitative estimate of drug-likeness (QED) is 0.914. The maximum atomic E-state index is 10.9. The highest BCUT2D eigenvalue weighted by atomic mass is 16.5. The van der Waals surface area contributed by atoms with Crippen LogP contribution in [0.2, 0.25) is 0 Å². The van der Waals surface area contributed by atoms with E-state index in [4.69, 9.17) is 9.63 Å². The Morgan fingerprint density at radius 1 is 1.37 bits per heavy atom. The monoisotopic (exact) mass is 260 g/mol. The van der Waals surface area contributed by atoms with Crippen molar-refractivity contribution in [2.45, 2.75) is 26.7 Å². The Hall–Kier alpha value is -2.17. The molecule has 2 rings (SSSR count). The summed E-state index contributed by atoms with van der Waals surface area (Å²) in [6, 6.07) is 7.76. The van der Waals surface area contributed by atoms with E-state index in [2.05, 4.69) is 10.1 Å². The highest BCUT2D eigenvalue weighted by Crippen LogP contribution is 2.25. The maximum Gasteiger partial charge on any atom is 0.307 e. The minimum atomic E-state index is -0.872. The number of benzene rings is 1. The Bertz CT molecular complexity index is 592. The second-order valence-electron chi connectivity index (χ2n) is 4.74. The molecule has 0 spiro atoms. The number of hydrogen-bond donors (Lipinski definition) is 1. The lowest BCUT2D eigenvalue weighted by Crippen LogP contribution is -2.16.